The largest absolute Gasteiger partial charge is 0.330 e. The Morgan fingerprint density at radius 3 is 2.61 bits per heavy atom. The molecule has 0 aliphatic rings. The van der Waals surface area contributed by atoms with Gasteiger partial charge in [-0.25, -0.2) is 0 Å². The summed E-state index contributed by atoms with van der Waals surface area (Å²) in [5.41, 5.74) is 7.26. The summed E-state index contributed by atoms with van der Waals surface area (Å²) in [6.45, 7) is 0.608. The lowest BCUT2D eigenvalue weighted by atomic mass is 10.0. The predicted molar refractivity (Wildman–Crippen MR) is 66.0 cm³/mol. The third-order valence-electron chi connectivity index (χ3n) is 2.58. The average molecular weight is 245 g/mol. The van der Waals surface area contributed by atoms with Gasteiger partial charge < -0.3 is 5.73 Å². The van der Waals surface area contributed by atoms with Gasteiger partial charge in [-0.3, -0.25) is 4.79 Å². The van der Waals surface area contributed by atoms with Gasteiger partial charge in [-0.2, -0.15) is 4.80 Å². The molecular weight excluding hydrogens is 230 g/mol. The van der Waals surface area contributed by atoms with E-state index in [1.807, 2.05) is 24.3 Å². The van der Waals surface area contributed by atoms with E-state index in [1.165, 1.54) is 4.80 Å². The Kier molecular flexibility index (Phi) is 3.78. The second-order valence-corrected chi connectivity index (χ2v) is 4.03. The van der Waals surface area contributed by atoms with Gasteiger partial charge in [0, 0.05) is 5.56 Å². The number of benzene rings is 1. The Balaban J connectivity index is 2.04. The number of Topliss-reactive ketones (excluding diaryl/α,β-unsaturated/α-hetero) is 1. The van der Waals surface area contributed by atoms with Crippen LogP contribution in [0.15, 0.2) is 24.3 Å². The zero-order chi connectivity index (χ0) is 13.0. The van der Waals surface area contributed by atoms with Crippen LogP contribution in [-0.4, -0.2) is 32.5 Å². The van der Waals surface area contributed by atoms with Crippen LogP contribution in [0.25, 0.3) is 0 Å². The van der Waals surface area contributed by atoms with Gasteiger partial charge in [0.05, 0.1) is 13.5 Å². The van der Waals surface area contributed by atoms with E-state index in [4.69, 9.17) is 5.73 Å². The van der Waals surface area contributed by atoms with Crippen LogP contribution >= 0.6 is 0 Å². The molecule has 0 unspecified atom stereocenters. The Morgan fingerprint density at radius 2 is 2.06 bits per heavy atom. The highest BCUT2D eigenvalue weighted by Gasteiger charge is 2.10. The van der Waals surface area contributed by atoms with E-state index in [0.717, 1.165) is 12.0 Å². The minimum Gasteiger partial charge on any atom is -0.330 e. The summed E-state index contributed by atoms with van der Waals surface area (Å²) in [4.78, 5) is 13.3. The predicted octanol–water partition coefficient (Wildman–Crippen LogP) is 0.137. The fourth-order valence-corrected chi connectivity index (χ4v) is 1.66. The maximum Gasteiger partial charge on any atom is 0.182 e. The third kappa shape index (κ3) is 2.98. The van der Waals surface area contributed by atoms with E-state index < -0.39 is 0 Å². The number of aromatic nitrogens is 4. The van der Waals surface area contributed by atoms with Crippen molar-refractivity contribution in [2.75, 3.05) is 6.54 Å². The van der Waals surface area contributed by atoms with Crippen LogP contribution in [0.2, 0.25) is 0 Å². The minimum atomic E-state index is -0.0118. The maximum absolute atomic E-state index is 12.0. The first-order chi connectivity index (χ1) is 8.69. The van der Waals surface area contributed by atoms with Crippen molar-refractivity contribution in [1.82, 2.24) is 20.2 Å². The van der Waals surface area contributed by atoms with Crippen molar-refractivity contribution >= 4 is 5.78 Å². The molecule has 0 radical (unpaired) electrons. The normalized spacial score (nSPS) is 10.6. The number of ketones is 1. The van der Waals surface area contributed by atoms with Crippen molar-refractivity contribution < 1.29 is 4.79 Å². The van der Waals surface area contributed by atoms with Gasteiger partial charge in [-0.15, -0.1) is 10.2 Å². The Morgan fingerprint density at radius 1 is 1.33 bits per heavy atom. The molecule has 18 heavy (non-hydrogen) atoms. The number of carbonyl (C=O) groups excluding carboxylic acids is 1. The molecule has 2 N–H and O–H groups in total. The van der Waals surface area contributed by atoms with Crippen molar-refractivity contribution in [2.24, 2.45) is 12.8 Å². The Hall–Kier alpha value is -2.08. The molecule has 0 aliphatic heterocycles. The van der Waals surface area contributed by atoms with E-state index >= 15 is 0 Å². The monoisotopic (exact) mass is 245 g/mol. The van der Waals surface area contributed by atoms with Gasteiger partial charge in [0.25, 0.3) is 0 Å². The summed E-state index contributed by atoms with van der Waals surface area (Å²) in [6.07, 6.45) is 0.990. The minimum absolute atomic E-state index is 0.0118. The summed E-state index contributed by atoms with van der Waals surface area (Å²) in [6, 6.07) is 7.46. The topological polar surface area (TPSA) is 86.7 Å². The molecule has 0 amide bonds. The fraction of sp³-hybridized carbons (Fsp3) is 0.333. The van der Waals surface area contributed by atoms with E-state index in [-0.39, 0.29) is 12.2 Å². The number of aryl methyl sites for hydroxylation is 1. The first kappa shape index (κ1) is 12.4. The number of tetrazole rings is 1. The van der Waals surface area contributed by atoms with Crippen molar-refractivity contribution in [3.8, 4) is 0 Å². The summed E-state index contributed by atoms with van der Waals surface area (Å²) in [5.74, 6) is 0.427. The number of nitrogens with zero attached hydrogens (tertiary/aromatic N) is 4. The highest BCUT2D eigenvalue weighted by molar-refractivity contribution is 5.97. The Labute approximate surface area is 105 Å². The quantitative estimate of drug-likeness (QED) is 0.757. The lowest BCUT2D eigenvalue weighted by molar-refractivity contribution is 0.0990. The van der Waals surface area contributed by atoms with Crippen molar-refractivity contribution in [3.63, 3.8) is 0 Å². The number of nitrogens with two attached hydrogens (primary N) is 1. The molecule has 6 heteroatoms. The third-order valence-corrected chi connectivity index (χ3v) is 2.58. The van der Waals surface area contributed by atoms with Crippen LogP contribution in [0.3, 0.4) is 0 Å². The lowest BCUT2D eigenvalue weighted by Crippen LogP contribution is -2.06. The Bertz CT molecular complexity index is 532. The average Bonchev–Trinajstić information content (AvgIpc) is 2.76. The van der Waals surface area contributed by atoms with Crippen LogP contribution in [-0.2, 0) is 19.9 Å². The van der Waals surface area contributed by atoms with Crippen LogP contribution in [0.4, 0.5) is 0 Å². The van der Waals surface area contributed by atoms with E-state index in [1.54, 1.807) is 7.05 Å². The molecule has 0 bridgehead atoms. The van der Waals surface area contributed by atoms with Crippen molar-refractivity contribution in [3.05, 3.63) is 41.2 Å². The maximum atomic E-state index is 12.0. The summed E-state index contributed by atoms with van der Waals surface area (Å²) >= 11 is 0. The van der Waals surface area contributed by atoms with Crippen molar-refractivity contribution in [1.29, 1.82) is 0 Å². The number of hydrogen-bond donors (Lipinski definition) is 1. The van der Waals surface area contributed by atoms with Crippen LogP contribution in [0.1, 0.15) is 21.7 Å². The molecule has 2 aromatic rings. The molecule has 1 heterocycles. The second kappa shape index (κ2) is 5.50. The number of rotatable bonds is 5. The molecule has 0 spiro atoms. The first-order valence-electron chi connectivity index (χ1n) is 5.74. The lowest BCUT2D eigenvalue weighted by Gasteiger charge is -2.01. The summed E-state index contributed by atoms with van der Waals surface area (Å²) in [7, 11) is 1.67. The molecule has 1 aromatic heterocycles. The first-order valence-corrected chi connectivity index (χ1v) is 5.74. The van der Waals surface area contributed by atoms with Gasteiger partial charge in [0.2, 0.25) is 0 Å². The van der Waals surface area contributed by atoms with E-state index in [0.29, 0.717) is 17.9 Å². The summed E-state index contributed by atoms with van der Waals surface area (Å²) < 4.78 is 0. The molecule has 0 fully saturated rings. The van der Waals surface area contributed by atoms with E-state index in [2.05, 4.69) is 15.4 Å². The van der Waals surface area contributed by atoms with Gasteiger partial charge in [0.1, 0.15) is 0 Å². The zero-order valence-electron chi connectivity index (χ0n) is 10.2. The molecule has 6 nitrogen and oxygen atoms in total. The zero-order valence-corrected chi connectivity index (χ0v) is 10.2. The standard InChI is InChI=1S/C12H15N5O/c1-17-15-12(14-16-17)8-11(18)10-4-2-9(3-5-10)6-7-13/h2-5H,6-8,13H2,1H3. The van der Waals surface area contributed by atoms with Crippen LogP contribution in [0, 0.1) is 0 Å². The number of carbonyl (C=O) groups is 1. The molecule has 0 saturated carbocycles. The van der Waals surface area contributed by atoms with Crippen molar-refractivity contribution in [2.45, 2.75) is 12.8 Å². The highest BCUT2D eigenvalue weighted by atomic mass is 16.1. The fourth-order valence-electron chi connectivity index (χ4n) is 1.66. The molecule has 1 aromatic carbocycles. The van der Waals surface area contributed by atoms with E-state index in [9.17, 15) is 4.79 Å². The van der Waals surface area contributed by atoms with Gasteiger partial charge in [-0.05, 0) is 23.7 Å². The molecule has 2 rings (SSSR count). The number of hydrogen-bond acceptors (Lipinski definition) is 5. The molecule has 0 aliphatic carbocycles. The summed E-state index contributed by atoms with van der Waals surface area (Å²) in [5, 5.41) is 11.5. The second-order valence-electron chi connectivity index (χ2n) is 4.03. The van der Waals surface area contributed by atoms with Gasteiger partial charge in [0.15, 0.2) is 11.6 Å². The van der Waals surface area contributed by atoms with Gasteiger partial charge in [-0.1, -0.05) is 24.3 Å². The molecule has 94 valence electrons. The van der Waals surface area contributed by atoms with Crippen LogP contribution in [0.5, 0.6) is 0 Å². The van der Waals surface area contributed by atoms with Gasteiger partial charge >= 0.3 is 0 Å². The molecule has 0 saturated heterocycles. The SMILES string of the molecule is Cn1nnc(CC(=O)c2ccc(CCN)cc2)n1. The molecule has 0 atom stereocenters. The van der Waals surface area contributed by atoms with Crippen LogP contribution < -0.4 is 5.73 Å². The molecular formula is C12H15N5O. The smallest absolute Gasteiger partial charge is 0.182 e. The highest BCUT2D eigenvalue weighted by Crippen LogP contribution is 2.07.